The van der Waals surface area contributed by atoms with Crippen LogP contribution in [0.25, 0.3) is 89.4 Å². The molecule has 0 amide bonds. The summed E-state index contributed by atoms with van der Waals surface area (Å²) in [6, 6.07) is 82.7. The lowest BCUT2D eigenvalue weighted by Crippen LogP contribution is -2.34. The second-order valence-electron chi connectivity index (χ2n) is 17.4. The standard InChI is InChI=1S/C63H38N4O/c64-39-40-31-33-41(34-32-40)60-65-61(67-62(66-60)54-36-35-53-50-24-8-7-23-49(50)51-26-13-27-52(54)58(51)53)45-18-12-16-43(38-45)42-15-11-17-44(37-42)48-25-14-29-56-59(48)68-57-30-10-9-28-55(57)63(56,46-19-3-1-4-20-46)47-21-5-2-6-22-47/h1-38H. The molecule has 0 saturated carbocycles. The number of ether oxygens (including phenoxy) is 1. The SMILES string of the molecule is N#Cc1ccc(-c2nc(-c3cccc(-c4cccc(-c5cccc6c5Oc5ccccc5C6(c5ccccc5)c5ccccc5)c4)c3)nc(-c3ccc4c5c(cccc35)-c3ccccc3-4)n2)cc1. The summed E-state index contributed by atoms with van der Waals surface area (Å²) in [5, 5.41) is 11.9. The molecule has 0 bridgehead atoms. The Morgan fingerprint density at radius 1 is 0.368 bits per heavy atom. The fourth-order valence-corrected chi connectivity index (χ4v) is 10.6. The van der Waals surface area contributed by atoms with Crippen LogP contribution in [-0.2, 0) is 5.41 Å². The van der Waals surface area contributed by atoms with E-state index in [1.807, 2.05) is 12.1 Å². The average Bonchev–Trinajstić information content (AvgIpc) is 3.75. The van der Waals surface area contributed by atoms with Crippen LogP contribution in [-0.4, -0.2) is 15.0 Å². The van der Waals surface area contributed by atoms with E-state index >= 15 is 0 Å². The summed E-state index contributed by atoms with van der Waals surface area (Å²) in [7, 11) is 0. The number of rotatable bonds is 7. The van der Waals surface area contributed by atoms with Crippen molar-refractivity contribution in [3.05, 3.63) is 258 Å². The Kier molecular flexibility index (Phi) is 9.06. The van der Waals surface area contributed by atoms with Crippen LogP contribution in [0.3, 0.4) is 0 Å². The molecule has 1 aromatic heterocycles. The molecule has 316 valence electrons. The molecule has 1 aliphatic heterocycles. The first-order chi connectivity index (χ1) is 33.7. The average molecular weight is 867 g/mol. The van der Waals surface area contributed by atoms with Crippen molar-refractivity contribution in [3.63, 3.8) is 0 Å². The van der Waals surface area contributed by atoms with E-state index < -0.39 is 5.41 Å². The van der Waals surface area contributed by atoms with E-state index in [1.165, 1.54) is 38.8 Å². The van der Waals surface area contributed by atoms with Crippen molar-refractivity contribution >= 4 is 10.8 Å². The minimum Gasteiger partial charge on any atom is -0.456 e. The molecule has 11 aromatic rings. The van der Waals surface area contributed by atoms with Gasteiger partial charge >= 0.3 is 0 Å². The van der Waals surface area contributed by atoms with Gasteiger partial charge in [0.2, 0.25) is 0 Å². The summed E-state index contributed by atoms with van der Waals surface area (Å²) in [6.07, 6.45) is 0. The molecule has 0 unspecified atom stereocenters. The molecule has 68 heavy (non-hydrogen) atoms. The molecular weight excluding hydrogens is 829 g/mol. The predicted molar refractivity (Wildman–Crippen MR) is 272 cm³/mol. The molecule has 0 radical (unpaired) electrons. The lowest BCUT2D eigenvalue weighted by molar-refractivity contribution is 0.436. The highest BCUT2D eigenvalue weighted by atomic mass is 16.5. The van der Waals surface area contributed by atoms with Gasteiger partial charge in [-0.3, -0.25) is 0 Å². The molecule has 5 heteroatoms. The Morgan fingerprint density at radius 2 is 0.882 bits per heavy atom. The monoisotopic (exact) mass is 866 g/mol. The van der Waals surface area contributed by atoms with Gasteiger partial charge in [0.05, 0.1) is 17.0 Å². The van der Waals surface area contributed by atoms with Gasteiger partial charge in [-0.15, -0.1) is 0 Å². The fourth-order valence-electron chi connectivity index (χ4n) is 10.6. The lowest BCUT2D eigenvalue weighted by Gasteiger charge is -2.42. The van der Waals surface area contributed by atoms with E-state index in [1.54, 1.807) is 12.1 Å². The highest BCUT2D eigenvalue weighted by Crippen LogP contribution is 2.57. The van der Waals surface area contributed by atoms with Crippen LogP contribution in [0.15, 0.2) is 231 Å². The number of nitrogens with zero attached hydrogens (tertiary/aromatic N) is 4. The molecular formula is C63H38N4O. The molecule has 0 atom stereocenters. The topological polar surface area (TPSA) is 71.7 Å². The third kappa shape index (κ3) is 6.12. The minimum atomic E-state index is -0.619. The number of hydrogen-bond donors (Lipinski definition) is 0. The van der Waals surface area contributed by atoms with Crippen LogP contribution in [0.2, 0.25) is 0 Å². The summed E-state index contributed by atoms with van der Waals surface area (Å²) in [4.78, 5) is 15.5. The van der Waals surface area contributed by atoms with E-state index in [0.29, 0.717) is 23.0 Å². The number of nitriles is 1. The molecule has 5 nitrogen and oxygen atoms in total. The highest BCUT2D eigenvalue weighted by molar-refractivity contribution is 6.18. The second-order valence-corrected chi connectivity index (χ2v) is 17.4. The Hall–Kier alpha value is -9.24. The Bertz CT molecular complexity index is 3770. The van der Waals surface area contributed by atoms with Crippen molar-refractivity contribution in [1.82, 2.24) is 15.0 Å². The van der Waals surface area contributed by atoms with E-state index in [4.69, 9.17) is 19.7 Å². The van der Waals surface area contributed by atoms with Crippen LogP contribution in [0.5, 0.6) is 11.5 Å². The van der Waals surface area contributed by atoms with Crippen LogP contribution in [0, 0.1) is 11.3 Å². The predicted octanol–water partition coefficient (Wildman–Crippen LogP) is 15.4. The molecule has 1 aliphatic carbocycles. The molecule has 2 heterocycles. The number of benzene rings is 10. The second kappa shape index (κ2) is 15.7. The first-order valence-electron chi connectivity index (χ1n) is 22.8. The van der Waals surface area contributed by atoms with E-state index in [9.17, 15) is 5.26 Å². The highest BCUT2D eigenvalue weighted by Gasteiger charge is 2.46. The van der Waals surface area contributed by atoms with Gasteiger partial charge in [-0.1, -0.05) is 182 Å². The van der Waals surface area contributed by atoms with Crippen molar-refractivity contribution < 1.29 is 4.74 Å². The van der Waals surface area contributed by atoms with E-state index in [2.05, 4.69) is 212 Å². The van der Waals surface area contributed by atoms with Gasteiger partial charge in [0.25, 0.3) is 0 Å². The van der Waals surface area contributed by atoms with Crippen molar-refractivity contribution in [3.8, 4) is 96.2 Å². The van der Waals surface area contributed by atoms with Crippen LogP contribution < -0.4 is 4.74 Å². The van der Waals surface area contributed by atoms with Crippen LogP contribution in [0.1, 0.15) is 27.8 Å². The third-order valence-corrected chi connectivity index (χ3v) is 13.7. The van der Waals surface area contributed by atoms with Gasteiger partial charge in [0, 0.05) is 33.4 Å². The molecule has 0 saturated heterocycles. The summed E-state index contributed by atoms with van der Waals surface area (Å²) in [5.74, 6) is 3.35. The summed E-state index contributed by atoms with van der Waals surface area (Å²) in [5.41, 5.74) is 16.1. The number of fused-ring (bicyclic) bond motifs is 5. The maximum absolute atomic E-state index is 9.60. The zero-order valence-corrected chi connectivity index (χ0v) is 36.6. The molecule has 13 rings (SSSR count). The first-order valence-corrected chi connectivity index (χ1v) is 22.8. The Balaban J connectivity index is 0.940. The van der Waals surface area contributed by atoms with Crippen LogP contribution in [0.4, 0.5) is 0 Å². The Labute approximate surface area is 394 Å². The van der Waals surface area contributed by atoms with Gasteiger partial charge in [0.1, 0.15) is 11.5 Å². The van der Waals surface area contributed by atoms with E-state index in [0.717, 1.165) is 67.0 Å². The van der Waals surface area contributed by atoms with Gasteiger partial charge in [-0.05, 0) is 109 Å². The zero-order valence-electron chi connectivity index (χ0n) is 36.6. The van der Waals surface area contributed by atoms with Crippen LogP contribution >= 0.6 is 0 Å². The molecule has 2 aliphatic rings. The zero-order chi connectivity index (χ0) is 45.2. The number of hydrogen-bond acceptors (Lipinski definition) is 5. The molecule has 0 fully saturated rings. The largest absolute Gasteiger partial charge is 0.456 e. The van der Waals surface area contributed by atoms with Crippen molar-refractivity contribution in [2.75, 3.05) is 0 Å². The maximum atomic E-state index is 9.60. The summed E-state index contributed by atoms with van der Waals surface area (Å²) < 4.78 is 7.01. The van der Waals surface area contributed by atoms with E-state index in [-0.39, 0.29) is 0 Å². The maximum Gasteiger partial charge on any atom is 0.164 e. The minimum absolute atomic E-state index is 0.533. The van der Waals surface area contributed by atoms with Gasteiger partial charge in [-0.25, -0.2) is 15.0 Å². The molecule has 10 aromatic carbocycles. The number of aromatic nitrogens is 3. The van der Waals surface area contributed by atoms with Crippen molar-refractivity contribution in [1.29, 1.82) is 5.26 Å². The van der Waals surface area contributed by atoms with Gasteiger partial charge in [-0.2, -0.15) is 5.26 Å². The third-order valence-electron chi connectivity index (χ3n) is 13.7. The van der Waals surface area contributed by atoms with Gasteiger partial charge < -0.3 is 4.74 Å². The smallest absolute Gasteiger partial charge is 0.164 e. The summed E-state index contributed by atoms with van der Waals surface area (Å²) in [6.45, 7) is 0. The quantitative estimate of drug-likeness (QED) is 0.160. The number of para-hydroxylation sites is 2. The molecule has 0 N–H and O–H groups in total. The first kappa shape index (κ1) is 39.2. The summed E-state index contributed by atoms with van der Waals surface area (Å²) >= 11 is 0. The van der Waals surface area contributed by atoms with Gasteiger partial charge in [0.15, 0.2) is 17.5 Å². The fraction of sp³-hybridized carbons (Fsp3) is 0.0159. The van der Waals surface area contributed by atoms with Crippen molar-refractivity contribution in [2.24, 2.45) is 0 Å². The molecule has 0 spiro atoms. The normalized spacial score (nSPS) is 12.6. The Morgan fingerprint density at radius 3 is 1.60 bits per heavy atom. The lowest BCUT2D eigenvalue weighted by atomic mass is 9.63. The van der Waals surface area contributed by atoms with Crippen molar-refractivity contribution in [2.45, 2.75) is 5.41 Å².